The molecular formula is C11H17ClN2OS. The predicted octanol–water partition coefficient (Wildman–Crippen LogP) is 2.65. The topological polar surface area (TPSA) is 55.1 Å². The number of thiophene rings is 1. The van der Waals surface area contributed by atoms with Crippen LogP contribution in [0.1, 0.15) is 36.4 Å². The minimum atomic E-state index is -0.315. The minimum absolute atomic E-state index is 0.130. The Hall–Kier alpha value is -0.580. The molecule has 0 bridgehead atoms. The van der Waals surface area contributed by atoms with Crippen molar-refractivity contribution < 1.29 is 4.79 Å². The molecule has 16 heavy (non-hydrogen) atoms. The van der Waals surface area contributed by atoms with Gasteiger partial charge >= 0.3 is 0 Å². The lowest BCUT2D eigenvalue weighted by Crippen LogP contribution is -2.52. The Morgan fingerprint density at radius 1 is 1.56 bits per heavy atom. The van der Waals surface area contributed by atoms with E-state index in [2.05, 4.69) is 5.32 Å². The first-order valence-electron chi connectivity index (χ1n) is 5.34. The second kappa shape index (κ2) is 5.66. The van der Waals surface area contributed by atoms with Gasteiger partial charge in [0.15, 0.2) is 0 Å². The lowest BCUT2D eigenvalue weighted by atomic mass is 9.93. The van der Waals surface area contributed by atoms with Crippen molar-refractivity contribution in [2.75, 3.05) is 6.54 Å². The summed E-state index contributed by atoms with van der Waals surface area (Å²) in [6, 6.07) is 1.73. The molecule has 3 N–H and O–H groups in total. The molecule has 1 rings (SSSR count). The molecule has 0 radical (unpaired) electrons. The first-order valence-corrected chi connectivity index (χ1v) is 6.60. The molecule has 5 heteroatoms. The van der Waals surface area contributed by atoms with Crippen LogP contribution in [-0.2, 0) is 0 Å². The lowest BCUT2D eigenvalue weighted by Gasteiger charge is -2.31. The number of nitrogens with two attached hydrogens (primary N) is 1. The highest BCUT2D eigenvalue weighted by Crippen LogP contribution is 2.23. The molecule has 0 atom stereocenters. The summed E-state index contributed by atoms with van der Waals surface area (Å²) in [4.78, 5) is 12.5. The summed E-state index contributed by atoms with van der Waals surface area (Å²) in [7, 11) is 0. The molecule has 0 saturated heterocycles. The fraction of sp³-hybridized carbons (Fsp3) is 0.545. The Balaban J connectivity index is 2.81. The molecule has 1 heterocycles. The Labute approximate surface area is 105 Å². The number of rotatable bonds is 5. The maximum Gasteiger partial charge on any atom is 0.263 e. The van der Waals surface area contributed by atoms with Crippen LogP contribution in [0.3, 0.4) is 0 Å². The first kappa shape index (κ1) is 13.5. The van der Waals surface area contributed by atoms with Crippen LogP contribution in [0, 0.1) is 0 Å². The summed E-state index contributed by atoms with van der Waals surface area (Å²) in [6.45, 7) is 4.48. The summed E-state index contributed by atoms with van der Waals surface area (Å²) in [5, 5.41) is 5.29. The molecule has 3 nitrogen and oxygen atoms in total. The summed E-state index contributed by atoms with van der Waals surface area (Å²) in [5.41, 5.74) is 5.41. The Kier molecular flexibility index (Phi) is 4.77. The van der Waals surface area contributed by atoms with Gasteiger partial charge in [0.2, 0.25) is 0 Å². The number of carbonyl (C=O) groups excluding carboxylic acids is 1. The van der Waals surface area contributed by atoms with Crippen molar-refractivity contribution >= 4 is 28.8 Å². The molecule has 0 aliphatic carbocycles. The number of hydrogen-bond donors (Lipinski definition) is 2. The van der Waals surface area contributed by atoms with Gasteiger partial charge in [-0.1, -0.05) is 25.4 Å². The maximum atomic E-state index is 12.0. The minimum Gasteiger partial charge on any atom is -0.345 e. The largest absolute Gasteiger partial charge is 0.345 e. The van der Waals surface area contributed by atoms with E-state index in [0.717, 1.165) is 12.8 Å². The molecule has 1 amide bonds. The second-order valence-electron chi connectivity index (χ2n) is 3.74. The van der Waals surface area contributed by atoms with Gasteiger partial charge in [-0.15, -0.1) is 11.3 Å². The Morgan fingerprint density at radius 3 is 2.56 bits per heavy atom. The van der Waals surface area contributed by atoms with E-state index in [1.807, 2.05) is 13.8 Å². The smallest absolute Gasteiger partial charge is 0.263 e. The highest BCUT2D eigenvalue weighted by Gasteiger charge is 2.27. The van der Waals surface area contributed by atoms with Gasteiger partial charge in [0.25, 0.3) is 5.91 Å². The van der Waals surface area contributed by atoms with E-state index in [1.54, 1.807) is 11.4 Å². The van der Waals surface area contributed by atoms with Crippen molar-refractivity contribution in [2.45, 2.75) is 32.2 Å². The molecule has 0 saturated carbocycles. The number of hydrogen-bond acceptors (Lipinski definition) is 3. The van der Waals surface area contributed by atoms with E-state index in [9.17, 15) is 4.79 Å². The second-order valence-corrected chi connectivity index (χ2v) is 5.07. The molecule has 1 aromatic rings. The molecule has 0 unspecified atom stereocenters. The first-order chi connectivity index (χ1) is 7.58. The van der Waals surface area contributed by atoms with Crippen LogP contribution in [0.4, 0.5) is 0 Å². The van der Waals surface area contributed by atoms with Crippen molar-refractivity contribution in [3.05, 3.63) is 21.3 Å². The molecule has 0 fully saturated rings. The van der Waals surface area contributed by atoms with Crippen LogP contribution in [0.5, 0.6) is 0 Å². The summed E-state index contributed by atoms with van der Waals surface area (Å²) >= 11 is 7.26. The molecule has 1 aromatic heterocycles. The fourth-order valence-electron chi connectivity index (χ4n) is 1.52. The van der Waals surface area contributed by atoms with Gasteiger partial charge in [-0.05, 0) is 24.3 Å². The third-order valence-electron chi connectivity index (χ3n) is 2.95. The maximum absolute atomic E-state index is 12.0. The number of nitrogens with one attached hydrogen (secondary N) is 1. The monoisotopic (exact) mass is 260 g/mol. The van der Waals surface area contributed by atoms with Crippen LogP contribution < -0.4 is 11.1 Å². The zero-order valence-electron chi connectivity index (χ0n) is 9.55. The fourth-order valence-corrected chi connectivity index (χ4v) is 2.56. The van der Waals surface area contributed by atoms with E-state index in [0.29, 0.717) is 16.4 Å². The SMILES string of the molecule is CCC(CC)(CN)NC(=O)c1sccc1Cl. The van der Waals surface area contributed by atoms with Crippen molar-refractivity contribution in [1.82, 2.24) is 5.32 Å². The van der Waals surface area contributed by atoms with Crippen molar-refractivity contribution in [3.8, 4) is 0 Å². The van der Waals surface area contributed by atoms with Gasteiger partial charge in [0.05, 0.1) is 10.6 Å². The third-order valence-corrected chi connectivity index (χ3v) is 4.29. The highest BCUT2D eigenvalue weighted by atomic mass is 35.5. The summed E-state index contributed by atoms with van der Waals surface area (Å²) < 4.78 is 0. The van der Waals surface area contributed by atoms with Gasteiger partial charge in [0, 0.05) is 6.54 Å². The van der Waals surface area contributed by atoms with Crippen LogP contribution in [-0.4, -0.2) is 18.0 Å². The number of carbonyl (C=O) groups is 1. The molecule has 0 aromatic carbocycles. The van der Waals surface area contributed by atoms with Crippen molar-refractivity contribution in [3.63, 3.8) is 0 Å². The van der Waals surface area contributed by atoms with Crippen molar-refractivity contribution in [1.29, 1.82) is 0 Å². The average molecular weight is 261 g/mol. The van der Waals surface area contributed by atoms with Gasteiger partial charge < -0.3 is 11.1 Å². The standard InChI is InChI=1S/C11H17ClN2OS/c1-3-11(4-2,7-13)14-10(15)9-8(12)5-6-16-9/h5-6H,3-4,7,13H2,1-2H3,(H,14,15). The van der Waals surface area contributed by atoms with E-state index in [1.165, 1.54) is 11.3 Å². The van der Waals surface area contributed by atoms with E-state index in [-0.39, 0.29) is 11.4 Å². The van der Waals surface area contributed by atoms with Gasteiger partial charge in [0.1, 0.15) is 4.88 Å². The zero-order chi connectivity index (χ0) is 12.2. The van der Waals surface area contributed by atoms with Gasteiger partial charge in [-0.2, -0.15) is 0 Å². The molecule has 0 aliphatic heterocycles. The van der Waals surface area contributed by atoms with Crippen LogP contribution in [0.15, 0.2) is 11.4 Å². The van der Waals surface area contributed by atoms with Crippen LogP contribution in [0.2, 0.25) is 5.02 Å². The molecule has 0 spiro atoms. The predicted molar refractivity (Wildman–Crippen MR) is 69.2 cm³/mol. The third kappa shape index (κ3) is 2.75. The molecular weight excluding hydrogens is 244 g/mol. The Bertz CT molecular complexity index is 352. The van der Waals surface area contributed by atoms with Crippen LogP contribution >= 0.6 is 22.9 Å². The summed E-state index contributed by atoms with van der Waals surface area (Å²) in [6.07, 6.45) is 1.63. The van der Waals surface area contributed by atoms with Crippen molar-refractivity contribution in [2.24, 2.45) is 5.73 Å². The normalized spacial score (nSPS) is 11.5. The van der Waals surface area contributed by atoms with Crippen LogP contribution in [0.25, 0.3) is 0 Å². The van der Waals surface area contributed by atoms with Gasteiger partial charge in [-0.3, -0.25) is 4.79 Å². The summed E-state index contributed by atoms with van der Waals surface area (Å²) in [5.74, 6) is -0.130. The zero-order valence-corrected chi connectivity index (χ0v) is 11.1. The number of amides is 1. The highest BCUT2D eigenvalue weighted by molar-refractivity contribution is 7.12. The molecule has 90 valence electrons. The Morgan fingerprint density at radius 2 is 2.19 bits per heavy atom. The van der Waals surface area contributed by atoms with E-state index in [4.69, 9.17) is 17.3 Å². The lowest BCUT2D eigenvalue weighted by molar-refractivity contribution is 0.0899. The van der Waals surface area contributed by atoms with E-state index >= 15 is 0 Å². The number of halogens is 1. The molecule has 0 aliphatic rings. The van der Waals surface area contributed by atoms with Gasteiger partial charge in [-0.25, -0.2) is 0 Å². The average Bonchev–Trinajstić information content (AvgIpc) is 2.72. The quantitative estimate of drug-likeness (QED) is 0.855. The van der Waals surface area contributed by atoms with E-state index < -0.39 is 0 Å².